The fraction of sp³-hybridized carbons (Fsp3) is 0. The van der Waals surface area contributed by atoms with E-state index < -0.39 is 49.8 Å². The maximum absolute atomic E-state index is 9.63. The first-order valence-electron chi connectivity index (χ1n) is 4.94. The molecule has 184 valence electrons. The first kappa shape index (κ1) is 60.7. The van der Waals surface area contributed by atoms with Crippen molar-refractivity contribution in [3.05, 3.63) is 0 Å². The SMILES string of the molecule is O=C(O)O.O=C(O)O.O=C(O)O.O=P(O)(O)OP(=O)(O)O.O=P([O-])([O-])OP(=O)([O-])[O-].[Na+].[Na+].[Na+].[Na+]. The van der Waals surface area contributed by atoms with Crippen molar-refractivity contribution in [2.75, 3.05) is 0 Å². The van der Waals surface area contributed by atoms with Crippen molar-refractivity contribution in [3.63, 3.8) is 0 Å². The van der Waals surface area contributed by atoms with E-state index in [1.807, 2.05) is 0 Å². The average molecular weight is 630 g/mol. The Bertz CT molecular complexity index is 574. The van der Waals surface area contributed by atoms with Crippen LogP contribution in [0.3, 0.4) is 0 Å². The number of phosphoric acid groups is 4. The van der Waals surface area contributed by atoms with Crippen LogP contribution in [0.5, 0.6) is 0 Å². The Morgan fingerprint density at radius 2 is 0.588 bits per heavy atom. The van der Waals surface area contributed by atoms with Crippen LogP contribution in [0.1, 0.15) is 0 Å². The fourth-order valence-corrected chi connectivity index (χ4v) is 2.35. The predicted molar refractivity (Wildman–Crippen MR) is 73.4 cm³/mol. The predicted octanol–water partition coefficient (Wildman–Crippen LogP) is -15.5. The molecule has 31 heteroatoms. The molecule has 0 aromatic carbocycles. The van der Waals surface area contributed by atoms with Gasteiger partial charge in [0.05, 0.1) is 15.6 Å². The van der Waals surface area contributed by atoms with Crippen LogP contribution in [-0.4, -0.2) is 68.7 Å². The molecule has 0 amide bonds. The molecule has 10 N–H and O–H groups in total. The summed E-state index contributed by atoms with van der Waals surface area (Å²) in [6.07, 6.45) is -5.50. The van der Waals surface area contributed by atoms with Crippen molar-refractivity contribution >= 4 is 49.8 Å². The minimum absolute atomic E-state index is 0. The average Bonchev–Trinajstić information content (AvgIpc) is 2.13. The minimum atomic E-state index is -5.68. The number of carbonyl (C=O) groups is 3. The van der Waals surface area contributed by atoms with Gasteiger partial charge in [0.2, 0.25) is 0 Å². The fourth-order valence-electron chi connectivity index (χ4n) is 0.261. The van der Waals surface area contributed by atoms with Crippen LogP contribution in [0.15, 0.2) is 0 Å². The second-order valence-electron chi connectivity index (χ2n) is 2.89. The maximum atomic E-state index is 9.63. The third-order valence-corrected chi connectivity index (χ3v) is 3.71. The molecule has 0 aromatic heterocycles. The van der Waals surface area contributed by atoms with Gasteiger partial charge >= 0.3 is 152 Å². The summed E-state index contributed by atoms with van der Waals surface area (Å²) in [6.45, 7) is 0. The van der Waals surface area contributed by atoms with Gasteiger partial charge in [-0.2, -0.15) is 4.31 Å². The normalized spacial score (nSPS) is 9.41. The van der Waals surface area contributed by atoms with E-state index in [1.165, 1.54) is 0 Å². The van der Waals surface area contributed by atoms with E-state index in [-0.39, 0.29) is 118 Å². The summed E-state index contributed by atoms with van der Waals surface area (Å²) < 4.78 is 43.4. The summed E-state index contributed by atoms with van der Waals surface area (Å²) in [6, 6.07) is 0. The van der Waals surface area contributed by atoms with E-state index in [0.717, 1.165) is 0 Å². The molecule has 0 saturated carbocycles. The van der Waals surface area contributed by atoms with Crippen molar-refractivity contribution < 1.29 is 229 Å². The van der Waals surface area contributed by atoms with Gasteiger partial charge in [0.15, 0.2) is 0 Å². The molecule has 0 bridgehead atoms. The van der Waals surface area contributed by atoms with Crippen LogP contribution in [0.2, 0.25) is 0 Å². The van der Waals surface area contributed by atoms with Gasteiger partial charge in [-0.15, -0.1) is 0 Å². The van der Waals surface area contributed by atoms with Crippen LogP contribution >= 0.6 is 31.3 Å². The number of hydrogen-bond donors (Lipinski definition) is 10. The van der Waals surface area contributed by atoms with Gasteiger partial charge in [0.25, 0.3) is 0 Å². The quantitative estimate of drug-likeness (QED) is 0.102. The second kappa shape index (κ2) is 29.9. The molecule has 0 aliphatic heterocycles. The Balaban J connectivity index is -0.0000000336. The van der Waals surface area contributed by atoms with Crippen LogP contribution in [0.25, 0.3) is 0 Å². The molecule has 0 aliphatic carbocycles. The summed E-state index contributed by atoms with van der Waals surface area (Å²) in [5, 5.41) is 41.8. The molecule has 0 radical (unpaired) electrons. The molecule has 0 spiro atoms. The number of hydrogen-bond acceptors (Lipinski definition) is 13. The Kier molecular flexibility index (Phi) is 53.4. The molecule has 0 atom stereocenters. The zero-order valence-corrected chi connectivity index (χ0v) is 28.6. The molecule has 0 heterocycles. The van der Waals surface area contributed by atoms with Gasteiger partial charge in [0.1, 0.15) is 0 Å². The van der Waals surface area contributed by atoms with Crippen molar-refractivity contribution in [2.45, 2.75) is 0 Å². The largest absolute Gasteiger partial charge is 1.00 e. The number of rotatable bonds is 4. The van der Waals surface area contributed by atoms with Crippen molar-refractivity contribution in [1.29, 1.82) is 0 Å². The summed E-state index contributed by atoms with van der Waals surface area (Å²) in [5.74, 6) is 0. The van der Waals surface area contributed by atoms with E-state index in [4.69, 9.17) is 64.6 Å². The first-order valence-corrected chi connectivity index (χ1v) is 10.9. The van der Waals surface area contributed by atoms with Gasteiger partial charge in [-0.3, -0.25) is 0 Å². The molecule has 0 aromatic rings. The van der Waals surface area contributed by atoms with Gasteiger partial charge in [-0.25, -0.2) is 23.5 Å². The first-order chi connectivity index (χ1) is 12.6. The van der Waals surface area contributed by atoms with Crippen molar-refractivity contribution in [3.8, 4) is 0 Å². The summed E-state index contributed by atoms with van der Waals surface area (Å²) in [4.78, 5) is 94.0. The molecular formula is C3H10Na4O23P4. The van der Waals surface area contributed by atoms with Gasteiger partial charge in [-0.05, 0) is 0 Å². The Morgan fingerprint density at radius 1 is 0.471 bits per heavy atom. The Labute approximate surface area is 275 Å². The van der Waals surface area contributed by atoms with Crippen molar-refractivity contribution in [1.82, 2.24) is 0 Å². The molecule has 0 saturated heterocycles. The van der Waals surface area contributed by atoms with Gasteiger partial charge in [0, 0.05) is 0 Å². The number of carboxylic acid groups (broad SMARTS) is 6. The molecule has 0 unspecified atom stereocenters. The third-order valence-electron chi connectivity index (χ3n) is 0.413. The summed E-state index contributed by atoms with van der Waals surface area (Å²) >= 11 is 0. The molecule has 0 aliphatic rings. The topological polar surface area (TPSA) is 432 Å². The monoisotopic (exact) mass is 630 g/mol. The van der Waals surface area contributed by atoms with Crippen LogP contribution in [-0.2, 0) is 26.9 Å². The van der Waals surface area contributed by atoms with E-state index in [9.17, 15) is 37.8 Å². The zero-order valence-electron chi connectivity index (χ0n) is 17.1. The zero-order chi connectivity index (χ0) is 26.1. The van der Waals surface area contributed by atoms with Crippen LogP contribution < -0.4 is 138 Å². The molecule has 23 nitrogen and oxygen atoms in total. The summed E-state index contributed by atoms with van der Waals surface area (Å²) in [5.41, 5.74) is 0. The van der Waals surface area contributed by atoms with Crippen LogP contribution in [0.4, 0.5) is 14.4 Å². The molecular weight excluding hydrogens is 620 g/mol. The van der Waals surface area contributed by atoms with Gasteiger partial charge in [-0.1, -0.05) is 0 Å². The third kappa shape index (κ3) is 186. The smallest absolute Gasteiger partial charge is 0.790 e. The standard InChI is InChI=1S/3CH2O3.4Na.2H4O7P2/c3*2-1(3)4;;;;;2*1-8(2,3)7-9(4,5)6/h3*(H2,2,3,4);;;;;2*(H2,1,2,3)(H2,4,5,6)/q;;;4*+1;;/p-4. The molecule has 34 heavy (non-hydrogen) atoms. The van der Waals surface area contributed by atoms with E-state index in [0.29, 0.717) is 0 Å². The van der Waals surface area contributed by atoms with E-state index in [1.54, 1.807) is 0 Å². The maximum Gasteiger partial charge on any atom is 1.00 e. The van der Waals surface area contributed by atoms with E-state index in [2.05, 4.69) is 8.62 Å². The summed E-state index contributed by atoms with van der Waals surface area (Å²) in [7, 11) is -21.5. The van der Waals surface area contributed by atoms with E-state index >= 15 is 0 Å². The molecule has 0 fully saturated rings. The Morgan fingerprint density at radius 3 is 0.588 bits per heavy atom. The van der Waals surface area contributed by atoms with Crippen LogP contribution in [0, 0.1) is 0 Å². The Hall–Kier alpha value is 2.33. The minimum Gasteiger partial charge on any atom is -0.790 e. The molecule has 0 rings (SSSR count). The second-order valence-corrected chi connectivity index (χ2v) is 7.94. The van der Waals surface area contributed by atoms with Crippen molar-refractivity contribution in [2.24, 2.45) is 0 Å². The van der Waals surface area contributed by atoms with Gasteiger partial charge < -0.3 is 83.2 Å².